The van der Waals surface area contributed by atoms with Crippen LogP contribution in [-0.4, -0.2) is 33.5 Å². The fraction of sp³-hybridized carbons (Fsp3) is 0.412. The third-order valence-corrected chi connectivity index (χ3v) is 3.75. The number of nitrogens with one attached hydrogen (secondary N) is 4. The first-order valence-corrected chi connectivity index (χ1v) is 8.13. The van der Waals surface area contributed by atoms with Gasteiger partial charge in [-0.2, -0.15) is 5.10 Å². The van der Waals surface area contributed by atoms with Crippen molar-refractivity contribution in [1.29, 1.82) is 0 Å². The van der Waals surface area contributed by atoms with E-state index >= 15 is 0 Å². The van der Waals surface area contributed by atoms with E-state index in [4.69, 9.17) is 0 Å². The minimum Gasteiger partial charge on any atom is -0.356 e. The van der Waals surface area contributed by atoms with Crippen LogP contribution in [0.4, 0.5) is 5.69 Å². The Morgan fingerprint density at radius 1 is 1.08 bits per heavy atom. The summed E-state index contributed by atoms with van der Waals surface area (Å²) in [4.78, 5) is 37.2. The Morgan fingerprint density at radius 3 is 2.32 bits per heavy atom. The summed E-state index contributed by atoms with van der Waals surface area (Å²) < 4.78 is 0. The van der Waals surface area contributed by atoms with Crippen LogP contribution >= 0.6 is 0 Å². The molecule has 0 saturated heterocycles. The molecule has 8 nitrogen and oxygen atoms in total. The van der Waals surface area contributed by atoms with Gasteiger partial charge in [-0.05, 0) is 31.9 Å². The predicted molar refractivity (Wildman–Crippen MR) is 94.4 cm³/mol. The van der Waals surface area contributed by atoms with E-state index in [9.17, 15) is 14.4 Å². The number of carbonyl (C=O) groups is 2. The fourth-order valence-electron chi connectivity index (χ4n) is 2.64. The number of rotatable bonds is 7. The van der Waals surface area contributed by atoms with Gasteiger partial charge in [-0.3, -0.25) is 14.6 Å². The van der Waals surface area contributed by atoms with Gasteiger partial charge < -0.3 is 10.6 Å². The summed E-state index contributed by atoms with van der Waals surface area (Å²) in [5.41, 5.74) is 3.58. The van der Waals surface area contributed by atoms with Gasteiger partial charge >= 0.3 is 5.69 Å². The molecule has 2 rings (SSSR count). The normalized spacial score (nSPS) is 10.5. The summed E-state index contributed by atoms with van der Waals surface area (Å²) in [5, 5.41) is 11.6. The van der Waals surface area contributed by atoms with Crippen LogP contribution in [0.5, 0.6) is 0 Å². The van der Waals surface area contributed by atoms with Gasteiger partial charge in [0.25, 0.3) is 0 Å². The van der Waals surface area contributed by atoms with Gasteiger partial charge in [-0.15, -0.1) is 0 Å². The molecule has 134 valence electrons. The number of nitrogens with zero attached hydrogens (tertiary/aromatic N) is 1. The van der Waals surface area contributed by atoms with Crippen molar-refractivity contribution >= 4 is 17.5 Å². The SMILES string of the molecule is Cc1cc(C)c(NC(=O)CCC(=O)NCCc2n[nH]c(=O)[nH]2)c(C)c1. The molecule has 0 atom stereocenters. The number of anilines is 1. The first-order chi connectivity index (χ1) is 11.8. The Kier molecular flexibility index (Phi) is 6.10. The number of H-pyrrole nitrogens is 2. The maximum Gasteiger partial charge on any atom is 0.340 e. The fourth-order valence-corrected chi connectivity index (χ4v) is 2.64. The second kappa shape index (κ2) is 8.27. The Morgan fingerprint density at radius 2 is 1.72 bits per heavy atom. The zero-order valence-corrected chi connectivity index (χ0v) is 14.7. The molecule has 0 bridgehead atoms. The molecule has 0 fully saturated rings. The number of carbonyl (C=O) groups excluding carboxylic acids is 2. The highest BCUT2D eigenvalue weighted by Crippen LogP contribution is 2.22. The van der Waals surface area contributed by atoms with Crippen LogP contribution in [0.3, 0.4) is 0 Å². The van der Waals surface area contributed by atoms with Crippen LogP contribution in [-0.2, 0) is 16.0 Å². The molecule has 1 aromatic carbocycles. The zero-order chi connectivity index (χ0) is 18.4. The summed E-state index contributed by atoms with van der Waals surface area (Å²) in [5.74, 6) is 0.0700. The van der Waals surface area contributed by atoms with Gasteiger partial charge in [0.1, 0.15) is 5.82 Å². The maximum absolute atomic E-state index is 12.1. The molecule has 0 saturated carbocycles. The molecule has 4 N–H and O–H groups in total. The van der Waals surface area contributed by atoms with Crippen LogP contribution in [0, 0.1) is 20.8 Å². The Bertz CT molecular complexity index is 799. The van der Waals surface area contributed by atoms with E-state index in [1.807, 2.05) is 32.9 Å². The van der Waals surface area contributed by atoms with Crippen molar-refractivity contribution in [2.24, 2.45) is 0 Å². The predicted octanol–water partition coefficient (Wildman–Crippen LogP) is 1.10. The number of benzene rings is 1. The Labute approximate surface area is 145 Å². The van der Waals surface area contributed by atoms with Crippen LogP contribution in [0.15, 0.2) is 16.9 Å². The number of hydrogen-bond donors (Lipinski definition) is 4. The molecule has 0 radical (unpaired) electrons. The second-order valence-corrected chi connectivity index (χ2v) is 6.05. The monoisotopic (exact) mass is 345 g/mol. The molecule has 0 aliphatic heterocycles. The first-order valence-electron chi connectivity index (χ1n) is 8.13. The molecular formula is C17H23N5O3. The quantitative estimate of drug-likeness (QED) is 0.600. The third kappa shape index (κ3) is 5.59. The highest BCUT2D eigenvalue weighted by molar-refractivity contribution is 5.94. The lowest BCUT2D eigenvalue weighted by atomic mass is 10.0. The highest BCUT2D eigenvalue weighted by atomic mass is 16.2. The Balaban J connectivity index is 1.74. The zero-order valence-electron chi connectivity index (χ0n) is 14.7. The van der Waals surface area contributed by atoms with E-state index in [1.165, 1.54) is 0 Å². The van der Waals surface area contributed by atoms with Gasteiger partial charge in [0, 0.05) is 31.5 Å². The molecule has 0 unspecified atom stereocenters. The van der Waals surface area contributed by atoms with Crippen molar-refractivity contribution in [3.05, 3.63) is 45.1 Å². The molecule has 0 aliphatic carbocycles. The summed E-state index contributed by atoms with van der Waals surface area (Å²) in [6.07, 6.45) is 0.628. The summed E-state index contributed by atoms with van der Waals surface area (Å²) in [7, 11) is 0. The van der Waals surface area contributed by atoms with E-state index < -0.39 is 0 Å². The van der Waals surface area contributed by atoms with Crippen LogP contribution in [0.1, 0.15) is 35.4 Å². The molecule has 0 aliphatic rings. The summed E-state index contributed by atoms with van der Waals surface area (Å²) in [6, 6.07) is 4.02. The third-order valence-electron chi connectivity index (χ3n) is 3.75. The maximum atomic E-state index is 12.1. The standard InChI is InChI=1S/C17H23N5O3/c1-10-8-11(2)16(12(3)9-10)20-15(24)5-4-14(23)18-7-6-13-19-17(25)22-21-13/h8-9H,4-7H2,1-3H3,(H,18,23)(H,20,24)(H2,19,21,22,25). The Hall–Kier alpha value is -2.90. The van der Waals surface area contributed by atoms with Gasteiger partial charge in [0.05, 0.1) is 0 Å². The van der Waals surface area contributed by atoms with Crippen molar-refractivity contribution in [3.63, 3.8) is 0 Å². The first kappa shape index (κ1) is 18.4. The van der Waals surface area contributed by atoms with Crippen molar-refractivity contribution in [1.82, 2.24) is 20.5 Å². The molecule has 2 aromatic rings. The van der Waals surface area contributed by atoms with E-state index in [0.29, 0.717) is 18.8 Å². The molecule has 8 heteroatoms. The largest absolute Gasteiger partial charge is 0.356 e. The van der Waals surface area contributed by atoms with Crippen molar-refractivity contribution in [2.45, 2.75) is 40.0 Å². The van der Waals surface area contributed by atoms with Gasteiger partial charge in [0.15, 0.2) is 0 Å². The molecule has 25 heavy (non-hydrogen) atoms. The topological polar surface area (TPSA) is 120 Å². The number of aromatic nitrogens is 3. The van der Waals surface area contributed by atoms with Crippen LogP contribution in [0.25, 0.3) is 0 Å². The second-order valence-electron chi connectivity index (χ2n) is 6.05. The average Bonchev–Trinajstić information content (AvgIpc) is 2.94. The minimum absolute atomic E-state index is 0.104. The molecule has 1 aromatic heterocycles. The lowest BCUT2D eigenvalue weighted by Crippen LogP contribution is -2.27. The van der Waals surface area contributed by atoms with Gasteiger partial charge in [-0.25, -0.2) is 9.89 Å². The smallest absolute Gasteiger partial charge is 0.340 e. The number of aromatic amines is 2. The van der Waals surface area contributed by atoms with Crippen LogP contribution < -0.4 is 16.3 Å². The molecule has 0 spiro atoms. The van der Waals surface area contributed by atoms with Gasteiger partial charge in [0.2, 0.25) is 11.8 Å². The van der Waals surface area contributed by atoms with Crippen molar-refractivity contribution in [2.75, 3.05) is 11.9 Å². The summed E-state index contributed by atoms with van der Waals surface area (Å²) >= 11 is 0. The van der Waals surface area contributed by atoms with Crippen molar-refractivity contribution < 1.29 is 9.59 Å². The minimum atomic E-state index is -0.375. The highest BCUT2D eigenvalue weighted by Gasteiger charge is 2.10. The average molecular weight is 345 g/mol. The van der Waals surface area contributed by atoms with E-state index in [1.54, 1.807) is 0 Å². The lowest BCUT2D eigenvalue weighted by Gasteiger charge is -2.12. The molecule has 1 heterocycles. The van der Waals surface area contributed by atoms with E-state index in [2.05, 4.69) is 25.8 Å². The summed E-state index contributed by atoms with van der Waals surface area (Å²) in [6.45, 7) is 6.25. The molecular weight excluding hydrogens is 322 g/mol. The van der Waals surface area contributed by atoms with Gasteiger partial charge in [-0.1, -0.05) is 17.7 Å². The number of amides is 2. The lowest BCUT2D eigenvalue weighted by molar-refractivity contribution is -0.124. The van der Waals surface area contributed by atoms with Crippen molar-refractivity contribution in [3.8, 4) is 0 Å². The van der Waals surface area contributed by atoms with Crippen LogP contribution in [0.2, 0.25) is 0 Å². The number of hydrogen-bond acceptors (Lipinski definition) is 4. The van der Waals surface area contributed by atoms with E-state index in [-0.39, 0.29) is 30.3 Å². The molecule has 2 amide bonds. The van der Waals surface area contributed by atoms with E-state index in [0.717, 1.165) is 22.4 Å². The number of aryl methyl sites for hydroxylation is 3.